The highest BCUT2D eigenvalue weighted by Crippen LogP contribution is 2.45. The van der Waals surface area contributed by atoms with Crippen LogP contribution in [-0.2, 0) is 9.59 Å². The summed E-state index contributed by atoms with van der Waals surface area (Å²) in [6.07, 6.45) is 0.917. The standard InChI is InChI=1S/C31H31NO9S/c1-38-24-17-21(18-25(39-2)29(24)37)31-32-28(19-7-11-22(12-8-19)40-15-3-5-26(33)34)30(42-31)20-9-13-23(14-10-20)41-16-4-6-27(35)36/h7-14,17-18,37H,3-6,15-16H2,1-2H3,(H,33,34)(H,35,36). The number of phenols is 1. The summed E-state index contributed by atoms with van der Waals surface area (Å²) in [6.45, 7) is 0.601. The molecule has 3 N–H and O–H groups in total. The van der Waals surface area contributed by atoms with Crippen LogP contribution in [-0.4, -0.2) is 59.7 Å². The summed E-state index contributed by atoms with van der Waals surface area (Å²) >= 11 is 1.46. The number of carboxylic acid groups (broad SMARTS) is 2. The number of methoxy groups -OCH3 is 2. The van der Waals surface area contributed by atoms with Crippen LogP contribution >= 0.6 is 11.3 Å². The molecule has 0 spiro atoms. The van der Waals surface area contributed by atoms with Gasteiger partial charge in [-0.3, -0.25) is 9.59 Å². The second-order valence-electron chi connectivity index (χ2n) is 9.17. The maximum Gasteiger partial charge on any atom is 0.303 e. The van der Waals surface area contributed by atoms with Crippen molar-refractivity contribution in [3.05, 3.63) is 60.7 Å². The number of aromatic hydroxyl groups is 1. The molecular weight excluding hydrogens is 562 g/mol. The summed E-state index contributed by atoms with van der Waals surface area (Å²) in [5, 5.41) is 28.7. The predicted octanol–water partition coefficient (Wildman–Crippen LogP) is 6.35. The van der Waals surface area contributed by atoms with Crippen molar-refractivity contribution >= 4 is 23.3 Å². The smallest absolute Gasteiger partial charge is 0.303 e. The number of hydrogen-bond donors (Lipinski definition) is 3. The third kappa shape index (κ3) is 7.70. The van der Waals surface area contributed by atoms with Gasteiger partial charge in [0.1, 0.15) is 16.5 Å². The monoisotopic (exact) mass is 593 g/mol. The van der Waals surface area contributed by atoms with E-state index in [2.05, 4.69) is 0 Å². The van der Waals surface area contributed by atoms with E-state index in [0.717, 1.165) is 21.7 Å². The second kappa shape index (κ2) is 14.2. The fraction of sp³-hybridized carbons (Fsp3) is 0.258. The Morgan fingerprint density at radius 2 is 1.21 bits per heavy atom. The first-order valence-corrected chi connectivity index (χ1v) is 14.0. The normalized spacial score (nSPS) is 10.7. The molecular formula is C31H31NO9S. The SMILES string of the molecule is COc1cc(-c2nc(-c3ccc(OCCCC(=O)O)cc3)c(-c3ccc(OCCCC(=O)O)cc3)s2)cc(OC)c1O. The van der Waals surface area contributed by atoms with Gasteiger partial charge in [0, 0.05) is 24.0 Å². The van der Waals surface area contributed by atoms with Crippen LogP contribution in [0.3, 0.4) is 0 Å². The second-order valence-corrected chi connectivity index (χ2v) is 10.2. The Balaban J connectivity index is 1.66. The molecule has 0 saturated heterocycles. The third-order valence-electron chi connectivity index (χ3n) is 6.21. The lowest BCUT2D eigenvalue weighted by molar-refractivity contribution is -0.138. The van der Waals surface area contributed by atoms with E-state index in [1.807, 2.05) is 48.5 Å². The molecule has 0 aliphatic rings. The number of thiazole rings is 1. The highest BCUT2D eigenvalue weighted by molar-refractivity contribution is 7.19. The van der Waals surface area contributed by atoms with Gasteiger partial charge in [0.05, 0.1) is 38.0 Å². The minimum Gasteiger partial charge on any atom is -0.502 e. The molecule has 0 radical (unpaired) electrons. The van der Waals surface area contributed by atoms with Gasteiger partial charge in [0.15, 0.2) is 11.5 Å². The van der Waals surface area contributed by atoms with Gasteiger partial charge in [-0.2, -0.15) is 0 Å². The highest BCUT2D eigenvalue weighted by atomic mass is 32.1. The Morgan fingerprint density at radius 3 is 1.67 bits per heavy atom. The number of aliphatic carboxylic acids is 2. The highest BCUT2D eigenvalue weighted by Gasteiger charge is 2.20. The minimum atomic E-state index is -0.859. The number of carboxylic acids is 2. The van der Waals surface area contributed by atoms with Crippen molar-refractivity contribution in [3.8, 4) is 61.0 Å². The zero-order valence-electron chi connectivity index (χ0n) is 23.2. The Labute approximate surface area is 246 Å². The van der Waals surface area contributed by atoms with Gasteiger partial charge in [0.25, 0.3) is 0 Å². The van der Waals surface area contributed by atoms with E-state index in [0.29, 0.717) is 48.1 Å². The lowest BCUT2D eigenvalue weighted by Crippen LogP contribution is -2.02. The van der Waals surface area contributed by atoms with Crippen molar-refractivity contribution in [1.82, 2.24) is 4.98 Å². The number of benzene rings is 3. The van der Waals surface area contributed by atoms with Gasteiger partial charge in [-0.15, -0.1) is 11.3 Å². The minimum absolute atomic E-state index is 0.0437. The molecule has 0 amide bonds. The molecule has 0 aliphatic carbocycles. The van der Waals surface area contributed by atoms with Crippen molar-refractivity contribution in [3.63, 3.8) is 0 Å². The van der Waals surface area contributed by atoms with E-state index in [1.165, 1.54) is 25.6 Å². The lowest BCUT2D eigenvalue weighted by atomic mass is 10.1. The molecule has 4 aromatic rings. The average molecular weight is 594 g/mol. The van der Waals surface area contributed by atoms with Gasteiger partial charge >= 0.3 is 11.9 Å². The van der Waals surface area contributed by atoms with Gasteiger partial charge in [0.2, 0.25) is 5.75 Å². The van der Waals surface area contributed by atoms with Crippen molar-refractivity contribution in [2.75, 3.05) is 27.4 Å². The zero-order valence-corrected chi connectivity index (χ0v) is 24.0. The summed E-state index contributed by atoms with van der Waals surface area (Å²) in [5.41, 5.74) is 3.18. The molecule has 0 bridgehead atoms. The molecule has 0 atom stereocenters. The maximum absolute atomic E-state index is 10.7. The first-order valence-electron chi connectivity index (χ1n) is 13.1. The molecule has 1 heterocycles. The van der Waals surface area contributed by atoms with Crippen LogP contribution < -0.4 is 18.9 Å². The summed E-state index contributed by atoms with van der Waals surface area (Å²) in [7, 11) is 2.93. The Kier molecular flexibility index (Phi) is 10.2. The predicted molar refractivity (Wildman–Crippen MR) is 158 cm³/mol. The molecule has 11 heteroatoms. The number of nitrogens with zero attached hydrogens (tertiary/aromatic N) is 1. The third-order valence-corrected chi connectivity index (χ3v) is 7.36. The first kappa shape index (κ1) is 30.2. The van der Waals surface area contributed by atoms with Gasteiger partial charge in [-0.05, 0) is 79.1 Å². The summed E-state index contributed by atoms with van der Waals surface area (Å²) < 4.78 is 22.1. The summed E-state index contributed by atoms with van der Waals surface area (Å²) in [4.78, 5) is 27.3. The largest absolute Gasteiger partial charge is 0.502 e. The van der Waals surface area contributed by atoms with Crippen LogP contribution in [0.25, 0.3) is 32.3 Å². The van der Waals surface area contributed by atoms with Crippen LogP contribution in [0.4, 0.5) is 0 Å². The van der Waals surface area contributed by atoms with Crippen molar-refractivity contribution in [2.45, 2.75) is 25.7 Å². The number of phenolic OH excluding ortho intramolecular Hbond substituents is 1. The zero-order chi connectivity index (χ0) is 30.1. The quantitative estimate of drug-likeness (QED) is 0.133. The van der Waals surface area contributed by atoms with Crippen LogP contribution in [0.15, 0.2) is 60.7 Å². The maximum atomic E-state index is 10.7. The van der Waals surface area contributed by atoms with Crippen LogP contribution in [0, 0.1) is 0 Å². The molecule has 1 aromatic heterocycles. The Bertz CT molecular complexity index is 1410. The van der Waals surface area contributed by atoms with Crippen LogP contribution in [0.1, 0.15) is 25.7 Å². The van der Waals surface area contributed by atoms with Crippen molar-refractivity contribution < 1.29 is 43.9 Å². The lowest BCUT2D eigenvalue weighted by Gasteiger charge is -2.10. The van der Waals surface area contributed by atoms with E-state index in [9.17, 15) is 14.7 Å². The van der Waals surface area contributed by atoms with Gasteiger partial charge < -0.3 is 34.3 Å². The van der Waals surface area contributed by atoms with Gasteiger partial charge in [-0.25, -0.2) is 4.98 Å². The van der Waals surface area contributed by atoms with E-state index in [-0.39, 0.29) is 30.1 Å². The van der Waals surface area contributed by atoms with Crippen LogP contribution in [0.2, 0.25) is 0 Å². The molecule has 42 heavy (non-hydrogen) atoms. The van der Waals surface area contributed by atoms with E-state index >= 15 is 0 Å². The van der Waals surface area contributed by atoms with Crippen molar-refractivity contribution in [1.29, 1.82) is 0 Å². The number of hydrogen-bond acceptors (Lipinski definition) is 9. The summed E-state index contributed by atoms with van der Waals surface area (Å²) in [6, 6.07) is 18.3. The molecule has 0 fully saturated rings. The molecule has 10 nitrogen and oxygen atoms in total. The van der Waals surface area contributed by atoms with E-state index in [4.69, 9.17) is 34.1 Å². The van der Waals surface area contributed by atoms with Crippen molar-refractivity contribution in [2.24, 2.45) is 0 Å². The fourth-order valence-electron chi connectivity index (χ4n) is 4.09. The molecule has 220 valence electrons. The molecule has 0 aliphatic heterocycles. The number of rotatable bonds is 15. The Hall–Kier alpha value is -4.77. The van der Waals surface area contributed by atoms with E-state index in [1.54, 1.807) is 12.1 Å². The number of aromatic nitrogens is 1. The molecule has 0 unspecified atom stereocenters. The topological polar surface area (TPSA) is 145 Å². The van der Waals surface area contributed by atoms with E-state index < -0.39 is 11.9 Å². The number of ether oxygens (including phenoxy) is 4. The number of carbonyl (C=O) groups is 2. The van der Waals surface area contributed by atoms with Gasteiger partial charge in [-0.1, -0.05) is 0 Å². The average Bonchev–Trinajstić information content (AvgIpc) is 3.43. The van der Waals surface area contributed by atoms with Crippen LogP contribution in [0.5, 0.6) is 28.7 Å². The fourth-order valence-corrected chi connectivity index (χ4v) is 5.17. The first-order chi connectivity index (χ1) is 20.3. The molecule has 3 aromatic carbocycles. The summed E-state index contributed by atoms with van der Waals surface area (Å²) in [5.74, 6) is -0.0375. The Morgan fingerprint density at radius 1 is 0.738 bits per heavy atom. The molecule has 4 rings (SSSR count). The molecule has 0 saturated carbocycles.